The molecule has 1 rings (SSSR count). The number of hydrogen-bond acceptors (Lipinski definition) is 3. The summed E-state index contributed by atoms with van der Waals surface area (Å²) in [4.78, 5) is 22.9. The van der Waals surface area contributed by atoms with Crippen LogP contribution in [0.3, 0.4) is 0 Å². The van der Waals surface area contributed by atoms with E-state index in [0.29, 0.717) is 16.4 Å². The van der Waals surface area contributed by atoms with Gasteiger partial charge in [-0.25, -0.2) is 9.59 Å². The van der Waals surface area contributed by atoms with Gasteiger partial charge < -0.3 is 15.7 Å². The average Bonchev–Trinajstić information content (AvgIpc) is 2.61. The van der Waals surface area contributed by atoms with E-state index < -0.39 is 17.5 Å². The number of aliphatic carboxylic acids is 1. The number of carbonyl (C=O) groups excluding carboxylic acids is 1. The smallest absolute Gasteiger partial charge is 0.329 e. The number of amides is 2. The second-order valence-corrected chi connectivity index (χ2v) is 5.15. The fourth-order valence-corrected chi connectivity index (χ4v) is 1.85. The predicted molar refractivity (Wildman–Crippen MR) is 74.7 cm³/mol. The maximum Gasteiger partial charge on any atom is 0.329 e. The number of aromatic nitrogens is 2. The van der Waals surface area contributed by atoms with E-state index in [2.05, 4.69) is 15.7 Å². The van der Waals surface area contributed by atoms with Crippen molar-refractivity contribution in [3.05, 3.63) is 16.4 Å². The van der Waals surface area contributed by atoms with Gasteiger partial charge in [-0.2, -0.15) is 5.10 Å². The van der Waals surface area contributed by atoms with Crippen LogP contribution in [-0.2, 0) is 18.4 Å². The third-order valence-electron chi connectivity index (χ3n) is 3.25. The van der Waals surface area contributed by atoms with Gasteiger partial charge in [-0.05, 0) is 20.3 Å². The lowest BCUT2D eigenvalue weighted by Crippen LogP contribution is -2.54. The Morgan fingerprint density at radius 1 is 1.50 bits per heavy atom. The fraction of sp³-hybridized carbons (Fsp3) is 0.583. The number of hydrogen-bond donors (Lipinski definition) is 3. The number of nitrogens with zero attached hydrogens (tertiary/aromatic N) is 2. The highest BCUT2D eigenvalue weighted by molar-refractivity contribution is 6.31. The fourth-order valence-electron chi connectivity index (χ4n) is 1.62. The van der Waals surface area contributed by atoms with E-state index in [4.69, 9.17) is 16.7 Å². The third kappa shape index (κ3) is 3.41. The number of nitrogens with one attached hydrogen (secondary N) is 2. The number of carboxylic acid groups (broad SMARTS) is 1. The van der Waals surface area contributed by atoms with Crippen molar-refractivity contribution in [1.82, 2.24) is 20.4 Å². The number of carbonyl (C=O) groups is 2. The maximum atomic E-state index is 11.8. The van der Waals surface area contributed by atoms with Gasteiger partial charge in [0.1, 0.15) is 5.54 Å². The van der Waals surface area contributed by atoms with E-state index in [1.807, 2.05) is 0 Å². The summed E-state index contributed by atoms with van der Waals surface area (Å²) in [7, 11) is 1.72. The molecule has 1 aromatic rings. The van der Waals surface area contributed by atoms with Crippen LogP contribution in [0.25, 0.3) is 0 Å². The van der Waals surface area contributed by atoms with Crippen LogP contribution in [0.2, 0.25) is 5.02 Å². The molecule has 7 nitrogen and oxygen atoms in total. The molecule has 1 atom stereocenters. The van der Waals surface area contributed by atoms with Gasteiger partial charge in [0.15, 0.2) is 0 Å². The van der Waals surface area contributed by atoms with Crippen molar-refractivity contribution in [3.63, 3.8) is 0 Å². The van der Waals surface area contributed by atoms with Gasteiger partial charge >= 0.3 is 12.0 Å². The first kappa shape index (κ1) is 16.3. The molecule has 0 aromatic carbocycles. The normalized spacial score (nSPS) is 13.7. The second kappa shape index (κ2) is 6.13. The van der Waals surface area contributed by atoms with Crippen LogP contribution in [0.15, 0.2) is 0 Å². The maximum absolute atomic E-state index is 11.8. The third-order valence-corrected chi connectivity index (χ3v) is 3.74. The molecule has 2 amide bonds. The minimum atomic E-state index is -1.30. The van der Waals surface area contributed by atoms with Gasteiger partial charge in [-0.15, -0.1) is 0 Å². The zero-order chi connectivity index (χ0) is 15.5. The van der Waals surface area contributed by atoms with Gasteiger partial charge in [0, 0.05) is 7.05 Å². The van der Waals surface area contributed by atoms with Gasteiger partial charge in [-0.3, -0.25) is 4.68 Å². The van der Waals surface area contributed by atoms with Crippen LogP contribution in [-0.4, -0.2) is 32.4 Å². The highest BCUT2D eigenvalue weighted by Gasteiger charge is 2.32. The highest BCUT2D eigenvalue weighted by Crippen LogP contribution is 2.19. The van der Waals surface area contributed by atoms with Crippen LogP contribution in [0.4, 0.5) is 4.79 Å². The van der Waals surface area contributed by atoms with E-state index in [1.54, 1.807) is 25.6 Å². The van der Waals surface area contributed by atoms with Crippen molar-refractivity contribution >= 4 is 23.6 Å². The molecule has 0 radical (unpaired) electrons. The number of halogens is 1. The molecule has 0 saturated heterocycles. The molecular formula is C12H19ClN4O3. The minimum Gasteiger partial charge on any atom is -0.480 e. The number of rotatable bonds is 5. The molecule has 0 bridgehead atoms. The van der Waals surface area contributed by atoms with Gasteiger partial charge in [0.25, 0.3) is 0 Å². The van der Waals surface area contributed by atoms with Crippen LogP contribution in [0.1, 0.15) is 31.7 Å². The Kier molecular flexibility index (Phi) is 4.99. The zero-order valence-corrected chi connectivity index (χ0v) is 12.7. The Hall–Kier alpha value is -1.76. The molecular weight excluding hydrogens is 284 g/mol. The summed E-state index contributed by atoms with van der Waals surface area (Å²) in [6.07, 6.45) is 0.279. The van der Waals surface area contributed by atoms with Crippen molar-refractivity contribution in [2.45, 2.75) is 39.3 Å². The molecule has 0 spiro atoms. The molecule has 20 heavy (non-hydrogen) atoms. The molecule has 1 heterocycles. The van der Waals surface area contributed by atoms with Gasteiger partial charge in [0.2, 0.25) is 0 Å². The molecule has 1 unspecified atom stereocenters. The van der Waals surface area contributed by atoms with E-state index >= 15 is 0 Å². The Bertz CT molecular complexity index is 529. The first-order valence-electron chi connectivity index (χ1n) is 6.18. The van der Waals surface area contributed by atoms with Gasteiger partial charge in [0.05, 0.1) is 23.0 Å². The summed E-state index contributed by atoms with van der Waals surface area (Å²) >= 11 is 6.06. The SMILES string of the molecule is CCC(C)(NC(=O)NCc1c(Cl)c(C)nn1C)C(=O)O. The first-order valence-corrected chi connectivity index (χ1v) is 6.56. The predicted octanol–water partition coefficient (Wildman–Crippen LogP) is 1.43. The van der Waals surface area contributed by atoms with Crippen molar-refractivity contribution in [1.29, 1.82) is 0 Å². The number of aryl methyl sites for hydroxylation is 2. The lowest BCUT2D eigenvalue weighted by molar-refractivity contribution is -0.143. The topological polar surface area (TPSA) is 96.3 Å². The number of carboxylic acids is 1. The Morgan fingerprint density at radius 2 is 2.10 bits per heavy atom. The zero-order valence-electron chi connectivity index (χ0n) is 12.0. The van der Waals surface area contributed by atoms with E-state index in [1.165, 1.54) is 6.92 Å². The van der Waals surface area contributed by atoms with Gasteiger partial charge in [-0.1, -0.05) is 18.5 Å². The summed E-state index contributed by atoms with van der Waals surface area (Å²) in [5, 5.41) is 18.7. The van der Waals surface area contributed by atoms with Crippen molar-refractivity contribution in [3.8, 4) is 0 Å². The number of urea groups is 1. The average molecular weight is 303 g/mol. The standard InChI is InChI=1S/C12H19ClN4O3/c1-5-12(3,10(18)19)15-11(20)14-6-8-9(13)7(2)16-17(8)4/h5-6H2,1-4H3,(H,18,19)(H2,14,15,20). The second-order valence-electron chi connectivity index (χ2n) is 4.77. The molecule has 0 fully saturated rings. The lowest BCUT2D eigenvalue weighted by Gasteiger charge is -2.24. The Labute approximate surface area is 122 Å². The van der Waals surface area contributed by atoms with Crippen molar-refractivity contribution in [2.24, 2.45) is 7.05 Å². The summed E-state index contributed by atoms with van der Waals surface area (Å²) < 4.78 is 1.58. The molecule has 112 valence electrons. The van der Waals surface area contributed by atoms with E-state index in [0.717, 1.165) is 0 Å². The van der Waals surface area contributed by atoms with E-state index in [9.17, 15) is 9.59 Å². The molecule has 0 aliphatic heterocycles. The molecule has 1 aromatic heterocycles. The minimum absolute atomic E-state index is 0.168. The Balaban J connectivity index is 2.66. The molecule has 8 heteroatoms. The van der Waals surface area contributed by atoms with Crippen LogP contribution < -0.4 is 10.6 Å². The first-order chi connectivity index (χ1) is 9.21. The molecule has 0 saturated carbocycles. The summed E-state index contributed by atoms with van der Waals surface area (Å²) in [6, 6.07) is -0.563. The van der Waals surface area contributed by atoms with Crippen LogP contribution >= 0.6 is 11.6 Å². The van der Waals surface area contributed by atoms with Crippen molar-refractivity contribution < 1.29 is 14.7 Å². The van der Waals surface area contributed by atoms with Crippen LogP contribution in [0.5, 0.6) is 0 Å². The lowest BCUT2D eigenvalue weighted by atomic mass is 10.00. The molecule has 3 N–H and O–H groups in total. The highest BCUT2D eigenvalue weighted by atomic mass is 35.5. The summed E-state index contributed by atoms with van der Waals surface area (Å²) in [6.45, 7) is 5.08. The monoisotopic (exact) mass is 302 g/mol. The quantitative estimate of drug-likeness (QED) is 0.766. The van der Waals surface area contributed by atoms with Crippen LogP contribution in [0, 0.1) is 6.92 Å². The molecule has 0 aliphatic carbocycles. The van der Waals surface area contributed by atoms with E-state index in [-0.39, 0.29) is 13.0 Å². The largest absolute Gasteiger partial charge is 0.480 e. The molecule has 0 aliphatic rings. The van der Waals surface area contributed by atoms with Crippen molar-refractivity contribution in [2.75, 3.05) is 0 Å². The summed E-state index contributed by atoms with van der Waals surface area (Å²) in [5.74, 6) is -1.08. The Morgan fingerprint density at radius 3 is 2.50 bits per heavy atom. The summed E-state index contributed by atoms with van der Waals surface area (Å²) in [5.41, 5.74) is 0.0409.